The maximum Gasteiger partial charge on any atom is 0.263 e. The lowest BCUT2D eigenvalue weighted by Gasteiger charge is -2.22. The van der Waals surface area contributed by atoms with Crippen molar-refractivity contribution in [1.29, 1.82) is 0 Å². The molecule has 0 atom stereocenters. The normalized spacial score (nSPS) is 11.2. The lowest BCUT2D eigenvalue weighted by atomic mass is 10.1. The fourth-order valence-corrected chi connectivity index (χ4v) is 5.13. The molecule has 0 radical (unpaired) electrons. The number of amides is 1. The zero-order valence-electron chi connectivity index (χ0n) is 17.8. The molecule has 0 saturated carbocycles. The van der Waals surface area contributed by atoms with Gasteiger partial charge in [0.05, 0.1) is 17.0 Å². The molecule has 3 rings (SSSR count). The maximum absolute atomic E-state index is 12.5. The van der Waals surface area contributed by atoms with E-state index in [-0.39, 0.29) is 22.4 Å². The fourth-order valence-electron chi connectivity index (χ4n) is 3.14. The molecule has 3 aromatic rings. The minimum atomic E-state index is -3.70. The van der Waals surface area contributed by atoms with Crippen LogP contribution < -0.4 is 14.9 Å². The van der Waals surface area contributed by atoms with Gasteiger partial charge in [-0.05, 0) is 56.7 Å². The Morgan fingerprint density at radius 2 is 1.81 bits per heavy atom. The highest BCUT2D eigenvalue weighted by Crippen LogP contribution is 2.24. The smallest absolute Gasteiger partial charge is 0.263 e. The van der Waals surface area contributed by atoms with Crippen LogP contribution in [0.2, 0.25) is 0 Å². The number of hydrogen-bond donors (Lipinski definition) is 2. The van der Waals surface area contributed by atoms with E-state index < -0.39 is 10.0 Å². The molecule has 0 unspecified atom stereocenters. The van der Waals surface area contributed by atoms with E-state index in [9.17, 15) is 13.2 Å². The summed E-state index contributed by atoms with van der Waals surface area (Å²) in [6, 6.07) is 14.0. The van der Waals surface area contributed by atoms with Crippen LogP contribution in [0, 0.1) is 6.92 Å². The van der Waals surface area contributed by atoms with Gasteiger partial charge in [0.25, 0.3) is 10.0 Å². The zero-order chi connectivity index (χ0) is 22.4. The van der Waals surface area contributed by atoms with Crippen LogP contribution in [-0.2, 0) is 21.2 Å². The van der Waals surface area contributed by atoms with Crippen LogP contribution in [-0.4, -0.2) is 32.4 Å². The van der Waals surface area contributed by atoms with Gasteiger partial charge in [0.2, 0.25) is 5.91 Å². The number of nitrogens with one attached hydrogen (secondary N) is 2. The molecule has 2 N–H and O–H groups in total. The average molecular weight is 459 g/mol. The van der Waals surface area contributed by atoms with Crippen LogP contribution in [0.1, 0.15) is 25.1 Å². The van der Waals surface area contributed by atoms with Crippen molar-refractivity contribution in [2.75, 3.05) is 28.0 Å². The highest BCUT2D eigenvalue weighted by atomic mass is 32.2. The lowest BCUT2D eigenvalue weighted by Crippen LogP contribution is -2.22. The number of sulfonamides is 1. The van der Waals surface area contributed by atoms with Gasteiger partial charge >= 0.3 is 0 Å². The molecule has 9 heteroatoms. The van der Waals surface area contributed by atoms with Crippen molar-refractivity contribution in [3.63, 3.8) is 0 Å². The molecule has 0 saturated heterocycles. The van der Waals surface area contributed by atoms with Crippen molar-refractivity contribution in [3.8, 4) is 0 Å². The van der Waals surface area contributed by atoms with Crippen LogP contribution in [0.3, 0.4) is 0 Å². The third-order valence-corrected chi connectivity index (χ3v) is 7.07. The van der Waals surface area contributed by atoms with E-state index >= 15 is 0 Å². The molecule has 0 aliphatic carbocycles. The molecule has 2 aromatic carbocycles. The second kappa shape index (κ2) is 9.93. The summed E-state index contributed by atoms with van der Waals surface area (Å²) in [7, 11) is -3.70. The number of thiazole rings is 1. The first-order chi connectivity index (χ1) is 14.8. The minimum absolute atomic E-state index is 0.0564. The van der Waals surface area contributed by atoms with Gasteiger partial charge in [0.15, 0.2) is 5.13 Å². The van der Waals surface area contributed by atoms with Gasteiger partial charge < -0.3 is 10.2 Å². The summed E-state index contributed by atoms with van der Waals surface area (Å²) in [4.78, 5) is 19.1. The number of nitrogens with zero attached hydrogens (tertiary/aromatic N) is 2. The summed E-state index contributed by atoms with van der Waals surface area (Å²) in [6.45, 7) is 8.01. The SMILES string of the molecule is CCN(CC)c1ccc(NC(=O)Cc2csc(NS(=O)(=O)c3ccccc3)n2)c(C)c1. The van der Waals surface area contributed by atoms with Gasteiger partial charge in [0.1, 0.15) is 0 Å². The first-order valence-corrected chi connectivity index (χ1v) is 12.4. The number of hydrogen-bond acceptors (Lipinski definition) is 6. The Bertz CT molecular complexity index is 1140. The molecular formula is C22H26N4O3S2. The Kier molecular flexibility index (Phi) is 7.29. The maximum atomic E-state index is 12.5. The molecule has 0 fully saturated rings. The van der Waals surface area contributed by atoms with Crippen LogP contribution in [0.5, 0.6) is 0 Å². The zero-order valence-corrected chi connectivity index (χ0v) is 19.4. The van der Waals surface area contributed by atoms with Crippen LogP contribution in [0.25, 0.3) is 0 Å². The van der Waals surface area contributed by atoms with Gasteiger partial charge in [-0.25, -0.2) is 13.4 Å². The highest BCUT2D eigenvalue weighted by Gasteiger charge is 2.16. The van der Waals surface area contributed by atoms with Crippen molar-refractivity contribution < 1.29 is 13.2 Å². The number of carbonyl (C=O) groups is 1. The summed E-state index contributed by atoms with van der Waals surface area (Å²) >= 11 is 1.15. The highest BCUT2D eigenvalue weighted by molar-refractivity contribution is 7.93. The van der Waals surface area contributed by atoms with Crippen molar-refractivity contribution in [2.24, 2.45) is 0 Å². The van der Waals surface area contributed by atoms with Crippen molar-refractivity contribution in [3.05, 3.63) is 65.2 Å². The van der Waals surface area contributed by atoms with Crippen molar-refractivity contribution >= 4 is 43.8 Å². The number of rotatable bonds is 9. The van der Waals surface area contributed by atoms with Crippen LogP contribution >= 0.6 is 11.3 Å². The summed E-state index contributed by atoms with van der Waals surface area (Å²) in [6.07, 6.45) is 0.0564. The lowest BCUT2D eigenvalue weighted by molar-refractivity contribution is -0.115. The number of benzene rings is 2. The van der Waals surface area contributed by atoms with E-state index in [1.807, 2.05) is 19.1 Å². The molecule has 0 spiro atoms. The van der Waals surface area contributed by atoms with Crippen molar-refractivity contribution in [2.45, 2.75) is 32.1 Å². The topological polar surface area (TPSA) is 91.4 Å². The summed E-state index contributed by atoms with van der Waals surface area (Å²) in [5, 5.41) is 4.82. The number of aryl methyl sites for hydroxylation is 1. The van der Waals surface area contributed by atoms with Gasteiger partial charge in [-0.2, -0.15) is 0 Å². The molecule has 1 amide bonds. The van der Waals surface area contributed by atoms with Gasteiger partial charge in [-0.15, -0.1) is 11.3 Å². The molecule has 164 valence electrons. The predicted octanol–water partition coefficient (Wildman–Crippen LogP) is 4.28. The Balaban J connectivity index is 1.63. The monoisotopic (exact) mass is 458 g/mol. The van der Waals surface area contributed by atoms with Gasteiger partial charge in [-0.1, -0.05) is 18.2 Å². The number of carbonyl (C=O) groups excluding carboxylic acids is 1. The van der Waals surface area contributed by atoms with Gasteiger partial charge in [-0.3, -0.25) is 9.52 Å². The average Bonchev–Trinajstić information content (AvgIpc) is 3.17. The van der Waals surface area contributed by atoms with Crippen LogP contribution in [0.4, 0.5) is 16.5 Å². The van der Waals surface area contributed by atoms with E-state index in [4.69, 9.17) is 0 Å². The third kappa shape index (κ3) is 5.83. The molecule has 0 bridgehead atoms. The third-order valence-electron chi connectivity index (χ3n) is 4.78. The first-order valence-electron chi connectivity index (χ1n) is 10.00. The van der Waals surface area contributed by atoms with Gasteiger partial charge in [0, 0.05) is 29.8 Å². The van der Waals surface area contributed by atoms with E-state index in [0.29, 0.717) is 5.69 Å². The van der Waals surface area contributed by atoms with E-state index in [0.717, 1.165) is 41.4 Å². The number of aromatic nitrogens is 1. The van der Waals surface area contributed by atoms with E-state index in [1.54, 1.807) is 23.6 Å². The Morgan fingerprint density at radius 1 is 1.10 bits per heavy atom. The van der Waals surface area contributed by atoms with E-state index in [2.05, 4.69) is 39.8 Å². The molecule has 0 aliphatic rings. The standard InChI is InChI=1S/C22H26N4O3S2/c1-4-26(5-2)18-11-12-20(16(3)13-18)24-21(27)14-17-15-30-22(23-17)25-31(28,29)19-9-7-6-8-10-19/h6-13,15H,4-5,14H2,1-3H3,(H,23,25)(H,24,27). The fraction of sp³-hybridized carbons (Fsp3) is 0.273. The molecule has 0 aliphatic heterocycles. The molecule has 31 heavy (non-hydrogen) atoms. The summed E-state index contributed by atoms with van der Waals surface area (Å²) < 4.78 is 27.3. The first kappa shape index (κ1) is 22.8. The van der Waals surface area contributed by atoms with E-state index in [1.165, 1.54) is 12.1 Å². The molecule has 1 aromatic heterocycles. The quantitative estimate of drug-likeness (QED) is 0.499. The Labute approximate surface area is 187 Å². The predicted molar refractivity (Wildman–Crippen MR) is 126 cm³/mol. The number of anilines is 3. The Hall–Kier alpha value is -2.91. The minimum Gasteiger partial charge on any atom is -0.372 e. The second-order valence-corrected chi connectivity index (χ2v) is 9.50. The Morgan fingerprint density at radius 3 is 2.45 bits per heavy atom. The van der Waals surface area contributed by atoms with Crippen molar-refractivity contribution in [1.82, 2.24) is 4.98 Å². The summed E-state index contributed by atoms with van der Waals surface area (Å²) in [5.41, 5.74) is 3.36. The molecular weight excluding hydrogens is 432 g/mol. The summed E-state index contributed by atoms with van der Waals surface area (Å²) in [5.74, 6) is -0.207. The van der Waals surface area contributed by atoms with Crippen LogP contribution in [0.15, 0.2) is 58.8 Å². The second-order valence-electron chi connectivity index (χ2n) is 6.96. The molecule has 7 nitrogen and oxygen atoms in total. The molecule has 1 heterocycles. The largest absolute Gasteiger partial charge is 0.372 e.